The standard InChI is InChI=1S/C19H19FIN5O3/c20-15-9-12(21)1-2-16(15)24-18-17(10-13-3-6-23-11-26(13)18)28-19(27)25-29-14-4-7-22-8-5-14/h1-3,6,9-11,14,22,24H,4-5,7-8H2,(H,25,27). The first-order valence-electron chi connectivity index (χ1n) is 9.11. The van der Waals surface area contributed by atoms with Gasteiger partial charge in [0.1, 0.15) is 12.1 Å². The Hall–Kier alpha value is -2.44. The van der Waals surface area contributed by atoms with Crippen molar-refractivity contribution in [2.75, 3.05) is 18.4 Å². The van der Waals surface area contributed by atoms with Crippen LogP contribution in [-0.2, 0) is 4.84 Å². The van der Waals surface area contributed by atoms with E-state index in [1.807, 2.05) is 22.6 Å². The van der Waals surface area contributed by atoms with Crippen LogP contribution in [0.25, 0.3) is 5.52 Å². The minimum absolute atomic E-state index is 0.0559. The van der Waals surface area contributed by atoms with Crippen LogP contribution in [0.2, 0.25) is 0 Å². The Labute approximate surface area is 179 Å². The minimum atomic E-state index is -0.751. The number of aromatic nitrogens is 2. The van der Waals surface area contributed by atoms with Crippen molar-refractivity contribution in [1.82, 2.24) is 20.2 Å². The predicted octanol–water partition coefficient (Wildman–Crippen LogP) is 3.59. The van der Waals surface area contributed by atoms with E-state index < -0.39 is 11.9 Å². The molecule has 4 rings (SSSR count). The van der Waals surface area contributed by atoms with Crippen molar-refractivity contribution in [2.24, 2.45) is 0 Å². The number of hydrogen-bond donors (Lipinski definition) is 3. The van der Waals surface area contributed by atoms with Crippen LogP contribution < -0.4 is 20.9 Å². The van der Waals surface area contributed by atoms with E-state index >= 15 is 0 Å². The Morgan fingerprint density at radius 3 is 2.90 bits per heavy atom. The summed E-state index contributed by atoms with van der Waals surface area (Å²) in [6.45, 7) is 1.68. The van der Waals surface area contributed by atoms with E-state index in [-0.39, 0.29) is 17.5 Å². The fourth-order valence-corrected chi connectivity index (χ4v) is 3.53. The molecule has 3 heterocycles. The molecule has 1 fully saturated rings. The first kappa shape index (κ1) is 19.9. The molecule has 0 aliphatic carbocycles. The molecular weight excluding hydrogens is 492 g/mol. The van der Waals surface area contributed by atoms with Crippen molar-refractivity contribution >= 4 is 45.7 Å². The number of benzene rings is 1. The molecule has 1 amide bonds. The van der Waals surface area contributed by atoms with Crippen molar-refractivity contribution in [2.45, 2.75) is 18.9 Å². The number of halogens is 2. The van der Waals surface area contributed by atoms with Crippen LogP contribution in [0.1, 0.15) is 12.8 Å². The monoisotopic (exact) mass is 511 g/mol. The largest absolute Gasteiger partial charge is 0.436 e. The number of carbonyl (C=O) groups is 1. The number of piperidine rings is 1. The highest BCUT2D eigenvalue weighted by atomic mass is 127. The molecule has 0 saturated carbocycles. The van der Waals surface area contributed by atoms with Crippen molar-refractivity contribution in [3.8, 4) is 5.75 Å². The molecule has 2 aromatic heterocycles. The zero-order valence-electron chi connectivity index (χ0n) is 15.3. The summed E-state index contributed by atoms with van der Waals surface area (Å²) in [5.74, 6) is 0.188. The molecule has 8 nitrogen and oxygen atoms in total. The van der Waals surface area contributed by atoms with Gasteiger partial charge in [-0.05, 0) is 72.8 Å². The average Bonchev–Trinajstić information content (AvgIpc) is 3.06. The highest BCUT2D eigenvalue weighted by Crippen LogP contribution is 2.33. The lowest BCUT2D eigenvalue weighted by atomic mass is 10.1. The molecule has 3 N–H and O–H groups in total. The zero-order valence-corrected chi connectivity index (χ0v) is 17.5. The number of hydroxylamine groups is 1. The third-order valence-electron chi connectivity index (χ3n) is 4.53. The van der Waals surface area contributed by atoms with E-state index in [0.29, 0.717) is 5.82 Å². The molecule has 0 spiro atoms. The summed E-state index contributed by atoms with van der Waals surface area (Å²) in [6.07, 6.45) is 3.98. The fourth-order valence-electron chi connectivity index (χ4n) is 3.08. The van der Waals surface area contributed by atoms with Crippen molar-refractivity contribution in [3.63, 3.8) is 0 Å². The molecule has 1 aromatic carbocycles. The van der Waals surface area contributed by atoms with E-state index in [1.165, 1.54) is 6.07 Å². The van der Waals surface area contributed by atoms with E-state index in [0.717, 1.165) is 35.0 Å². The van der Waals surface area contributed by atoms with Gasteiger partial charge < -0.3 is 15.4 Å². The van der Waals surface area contributed by atoms with Crippen LogP contribution in [0.3, 0.4) is 0 Å². The molecule has 0 radical (unpaired) electrons. The molecule has 1 aliphatic rings. The smallest absolute Gasteiger partial charge is 0.405 e. The Morgan fingerprint density at radius 2 is 2.10 bits per heavy atom. The maximum absolute atomic E-state index is 14.3. The van der Waals surface area contributed by atoms with Gasteiger partial charge in [-0.1, -0.05) is 0 Å². The lowest BCUT2D eigenvalue weighted by Crippen LogP contribution is -2.38. The topological polar surface area (TPSA) is 88.9 Å². The van der Waals surface area contributed by atoms with Gasteiger partial charge in [-0.2, -0.15) is 5.48 Å². The predicted molar refractivity (Wildman–Crippen MR) is 114 cm³/mol. The molecular formula is C19H19FIN5O3. The Bertz CT molecular complexity index is 1020. The summed E-state index contributed by atoms with van der Waals surface area (Å²) in [5, 5.41) is 6.22. The molecule has 10 heteroatoms. The molecule has 1 saturated heterocycles. The molecule has 1 aliphatic heterocycles. The van der Waals surface area contributed by atoms with Crippen LogP contribution >= 0.6 is 22.6 Å². The van der Waals surface area contributed by atoms with Crippen LogP contribution in [0.4, 0.5) is 20.7 Å². The number of amides is 1. The number of anilines is 2. The quantitative estimate of drug-likeness (QED) is 0.359. The van der Waals surface area contributed by atoms with Crippen LogP contribution in [-0.4, -0.2) is 34.7 Å². The summed E-state index contributed by atoms with van der Waals surface area (Å²) in [4.78, 5) is 21.7. The van der Waals surface area contributed by atoms with Gasteiger partial charge in [-0.15, -0.1) is 0 Å². The number of nitrogens with zero attached hydrogens (tertiary/aromatic N) is 2. The molecule has 0 bridgehead atoms. The van der Waals surface area contributed by atoms with E-state index in [2.05, 4.69) is 21.1 Å². The third kappa shape index (κ3) is 4.77. The van der Waals surface area contributed by atoms with Crippen molar-refractivity contribution in [3.05, 3.63) is 52.2 Å². The highest BCUT2D eigenvalue weighted by Gasteiger charge is 2.19. The van der Waals surface area contributed by atoms with Gasteiger partial charge in [-0.25, -0.2) is 14.2 Å². The number of fused-ring (bicyclic) bond motifs is 1. The number of ether oxygens (including phenoxy) is 1. The minimum Gasteiger partial charge on any atom is -0.405 e. The van der Waals surface area contributed by atoms with Crippen molar-refractivity contribution < 1.29 is 18.8 Å². The second-order valence-corrected chi connectivity index (χ2v) is 7.79. The summed E-state index contributed by atoms with van der Waals surface area (Å²) in [7, 11) is 0. The van der Waals surface area contributed by atoms with Crippen molar-refractivity contribution in [1.29, 1.82) is 0 Å². The number of rotatable bonds is 5. The van der Waals surface area contributed by atoms with Gasteiger partial charge in [0.2, 0.25) is 0 Å². The summed E-state index contributed by atoms with van der Waals surface area (Å²) < 4.78 is 22.2. The molecule has 152 valence electrons. The lowest BCUT2D eigenvalue weighted by Gasteiger charge is -2.22. The first-order chi connectivity index (χ1) is 14.1. The van der Waals surface area contributed by atoms with E-state index in [4.69, 9.17) is 9.57 Å². The molecule has 3 aromatic rings. The van der Waals surface area contributed by atoms with Crippen LogP contribution in [0.15, 0.2) is 42.9 Å². The zero-order chi connectivity index (χ0) is 20.2. The van der Waals surface area contributed by atoms with Gasteiger partial charge in [0, 0.05) is 15.8 Å². The number of nitrogens with one attached hydrogen (secondary N) is 3. The summed E-state index contributed by atoms with van der Waals surface area (Å²) >= 11 is 2.04. The average molecular weight is 511 g/mol. The molecule has 29 heavy (non-hydrogen) atoms. The number of carbonyl (C=O) groups excluding carboxylic acids is 1. The number of hydrogen-bond acceptors (Lipinski definition) is 6. The van der Waals surface area contributed by atoms with Gasteiger partial charge >= 0.3 is 6.09 Å². The first-order valence-corrected chi connectivity index (χ1v) is 10.2. The lowest BCUT2D eigenvalue weighted by molar-refractivity contribution is -0.0273. The van der Waals surface area contributed by atoms with Gasteiger partial charge in [0.25, 0.3) is 0 Å². The maximum Gasteiger partial charge on any atom is 0.436 e. The summed E-state index contributed by atoms with van der Waals surface area (Å²) in [6, 6.07) is 8.23. The Balaban J connectivity index is 1.53. The second kappa shape index (κ2) is 8.93. The highest BCUT2D eigenvalue weighted by molar-refractivity contribution is 14.1. The second-order valence-electron chi connectivity index (χ2n) is 6.54. The maximum atomic E-state index is 14.3. The van der Waals surface area contributed by atoms with Crippen LogP contribution in [0.5, 0.6) is 5.75 Å². The Kier molecular flexibility index (Phi) is 6.11. The fraction of sp³-hybridized carbons (Fsp3) is 0.263. The third-order valence-corrected chi connectivity index (χ3v) is 5.20. The van der Waals surface area contributed by atoms with Gasteiger partial charge in [0.15, 0.2) is 11.6 Å². The molecule has 0 unspecified atom stereocenters. The molecule has 0 atom stereocenters. The normalized spacial score (nSPS) is 14.7. The Morgan fingerprint density at radius 1 is 1.28 bits per heavy atom. The van der Waals surface area contributed by atoms with Gasteiger partial charge in [-0.3, -0.25) is 9.24 Å². The van der Waals surface area contributed by atoms with E-state index in [1.54, 1.807) is 41.2 Å². The van der Waals surface area contributed by atoms with E-state index in [9.17, 15) is 9.18 Å². The summed E-state index contributed by atoms with van der Waals surface area (Å²) in [5.41, 5.74) is 3.33. The van der Waals surface area contributed by atoms with Gasteiger partial charge in [0.05, 0.1) is 17.3 Å². The van der Waals surface area contributed by atoms with Crippen LogP contribution in [0, 0.1) is 9.39 Å². The SMILES string of the molecule is O=C(NOC1CCNCC1)Oc1cc2ccncn2c1Nc1ccc(I)cc1F.